The number of hydrogen-bond donors (Lipinski definition) is 1. The molecule has 0 aliphatic rings. The second-order valence-corrected chi connectivity index (χ2v) is 9.39. The number of carbonyl (C=O) groups is 1. The van der Waals surface area contributed by atoms with E-state index in [1.165, 1.54) is 29.5 Å². The molecule has 3 aromatic rings. The van der Waals surface area contributed by atoms with E-state index in [4.69, 9.17) is 0 Å². The zero-order valence-corrected chi connectivity index (χ0v) is 20.8. The van der Waals surface area contributed by atoms with E-state index in [2.05, 4.69) is 94.5 Å². The van der Waals surface area contributed by atoms with Crippen molar-refractivity contribution < 1.29 is 4.79 Å². The third-order valence-corrected chi connectivity index (χ3v) is 6.10. The fraction of sp³-hybridized carbons (Fsp3) is 0.367. The van der Waals surface area contributed by atoms with Crippen LogP contribution in [-0.2, 0) is 13.0 Å². The Balaban J connectivity index is 1.95. The highest BCUT2D eigenvalue weighted by Crippen LogP contribution is 2.33. The number of benzene rings is 3. The highest BCUT2D eigenvalue weighted by Gasteiger charge is 2.21. The highest BCUT2D eigenvalue weighted by atomic mass is 16.2. The van der Waals surface area contributed by atoms with Crippen molar-refractivity contribution in [2.24, 2.45) is 0 Å². The summed E-state index contributed by atoms with van der Waals surface area (Å²) in [5, 5.41) is 3.30. The van der Waals surface area contributed by atoms with E-state index in [-0.39, 0.29) is 6.03 Å². The van der Waals surface area contributed by atoms with Crippen molar-refractivity contribution in [2.75, 3.05) is 10.2 Å². The number of hydrogen-bond acceptors (Lipinski definition) is 1. The first-order valence-electron chi connectivity index (χ1n) is 12.2. The Morgan fingerprint density at radius 1 is 0.788 bits per heavy atom. The Labute approximate surface area is 199 Å². The quantitative estimate of drug-likeness (QED) is 0.354. The van der Waals surface area contributed by atoms with Crippen molar-refractivity contribution in [3.63, 3.8) is 0 Å². The molecule has 0 aliphatic heterocycles. The van der Waals surface area contributed by atoms with Crippen LogP contribution in [0.4, 0.5) is 16.2 Å². The Bertz CT molecular complexity index is 997. The summed E-state index contributed by atoms with van der Waals surface area (Å²) in [6, 6.07) is 24.9. The van der Waals surface area contributed by atoms with Crippen LogP contribution in [0.2, 0.25) is 0 Å². The van der Waals surface area contributed by atoms with Crippen LogP contribution in [0.5, 0.6) is 0 Å². The number of nitrogens with zero attached hydrogens (tertiary/aromatic N) is 1. The zero-order chi connectivity index (χ0) is 23.8. The molecule has 0 heterocycles. The summed E-state index contributed by atoms with van der Waals surface area (Å²) >= 11 is 0. The molecule has 0 aromatic heterocycles. The fourth-order valence-electron chi connectivity index (χ4n) is 4.14. The maximum atomic E-state index is 13.7. The number of unbranched alkanes of at least 4 members (excludes halogenated alkanes) is 1. The average molecular weight is 443 g/mol. The topological polar surface area (TPSA) is 32.3 Å². The van der Waals surface area contributed by atoms with Crippen LogP contribution in [0.25, 0.3) is 0 Å². The van der Waals surface area contributed by atoms with Crippen molar-refractivity contribution >= 4 is 17.4 Å². The number of amides is 2. The highest BCUT2D eigenvalue weighted by molar-refractivity contribution is 6.02. The van der Waals surface area contributed by atoms with E-state index in [9.17, 15) is 4.79 Å². The average Bonchev–Trinajstić information content (AvgIpc) is 2.82. The normalized spacial score (nSPS) is 11.1. The predicted octanol–water partition coefficient (Wildman–Crippen LogP) is 8.51. The Morgan fingerprint density at radius 2 is 1.39 bits per heavy atom. The fourth-order valence-corrected chi connectivity index (χ4v) is 4.14. The number of carbonyl (C=O) groups excluding carboxylic acids is 1. The van der Waals surface area contributed by atoms with Gasteiger partial charge in [0.1, 0.15) is 0 Å². The third-order valence-electron chi connectivity index (χ3n) is 6.10. The Morgan fingerprint density at radius 3 is 1.94 bits per heavy atom. The molecular formula is C30H38N2O. The van der Waals surface area contributed by atoms with Crippen LogP contribution in [0.1, 0.15) is 81.5 Å². The Kier molecular flexibility index (Phi) is 8.71. The lowest BCUT2D eigenvalue weighted by Gasteiger charge is -2.26. The number of rotatable bonds is 9. The minimum Gasteiger partial charge on any atom is -0.307 e. The standard InChI is InChI=1S/C30H38N2O/c1-6-7-12-24-17-19-26(20-18-24)32(21-25-13-9-8-10-14-25)30(33)31-29-27(22(2)3)15-11-16-28(29)23(4)5/h8-11,13-20,22-23H,6-7,12,21H2,1-5H3,(H,31,33). The van der Waals surface area contributed by atoms with Crippen LogP contribution in [0.3, 0.4) is 0 Å². The minimum atomic E-state index is -0.102. The van der Waals surface area contributed by atoms with Crippen molar-refractivity contribution in [3.8, 4) is 0 Å². The van der Waals surface area contributed by atoms with Gasteiger partial charge in [-0.1, -0.05) is 102 Å². The molecule has 3 aromatic carbocycles. The number of nitrogens with one attached hydrogen (secondary N) is 1. The molecule has 0 fully saturated rings. The summed E-state index contributed by atoms with van der Waals surface area (Å²) in [6.07, 6.45) is 3.43. The molecule has 3 heteroatoms. The van der Waals surface area contributed by atoms with Crippen molar-refractivity contribution in [1.82, 2.24) is 0 Å². The van der Waals surface area contributed by atoms with Crippen LogP contribution >= 0.6 is 0 Å². The van der Waals surface area contributed by atoms with Crippen molar-refractivity contribution in [2.45, 2.75) is 72.3 Å². The van der Waals surface area contributed by atoms with Gasteiger partial charge in [0.05, 0.1) is 6.54 Å². The molecule has 3 nitrogen and oxygen atoms in total. The molecule has 174 valence electrons. The molecule has 0 saturated carbocycles. The smallest absolute Gasteiger partial charge is 0.307 e. The zero-order valence-electron chi connectivity index (χ0n) is 20.8. The van der Waals surface area contributed by atoms with Gasteiger partial charge in [0, 0.05) is 11.4 Å². The lowest BCUT2D eigenvalue weighted by atomic mass is 9.93. The monoisotopic (exact) mass is 442 g/mol. The van der Waals surface area contributed by atoms with E-state index >= 15 is 0 Å². The van der Waals surface area contributed by atoms with Crippen molar-refractivity contribution in [3.05, 3.63) is 95.1 Å². The molecule has 33 heavy (non-hydrogen) atoms. The molecule has 0 atom stereocenters. The van der Waals surface area contributed by atoms with Gasteiger partial charge in [-0.3, -0.25) is 4.90 Å². The van der Waals surface area contributed by atoms with Gasteiger partial charge in [-0.2, -0.15) is 0 Å². The lowest BCUT2D eigenvalue weighted by Crippen LogP contribution is -2.35. The summed E-state index contributed by atoms with van der Waals surface area (Å²) in [4.78, 5) is 15.6. The van der Waals surface area contributed by atoms with Gasteiger partial charge in [0.25, 0.3) is 0 Å². The molecule has 0 radical (unpaired) electrons. The van der Waals surface area contributed by atoms with Crippen LogP contribution in [0.15, 0.2) is 72.8 Å². The molecule has 0 aliphatic carbocycles. The molecule has 0 bridgehead atoms. The van der Waals surface area contributed by atoms with Gasteiger partial charge in [0.2, 0.25) is 0 Å². The number of anilines is 2. The number of urea groups is 1. The van der Waals surface area contributed by atoms with E-state index in [0.29, 0.717) is 18.4 Å². The van der Waals surface area contributed by atoms with Gasteiger partial charge in [0.15, 0.2) is 0 Å². The maximum Gasteiger partial charge on any atom is 0.326 e. The molecule has 0 spiro atoms. The van der Waals surface area contributed by atoms with E-state index < -0.39 is 0 Å². The van der Waals surface area contributed by atoms with Gasteiger partial charge in [-0.15, -0.1) is 0 Å². The SMILES string of the molecule is CCCCc1ccc(N(Cc2ccccc2)C(=O)Nc2c(C(C)C)cccc2C(C)C)cc1. The second-order valence-electron chi connectivity index (χ2n) is 9.39. The number of aryl methyl sites for hydroxylation is 1. The first-order chi connectivity index (χ1) is 15.9. The lowest BCUT2D eigenvalue weighted by molar-refractivity contribution is 0.256. The molecule has 2 amide bonds. The summed E-state index contributed by atoms with van der Waals surface area (Å²) in [7, 11) is 0. The summed E-state index contributed by atoms with van der Waals surface area (Å²) in [5.74, 6) is 0.638. The second kappa shape index (κ2) is 11.7. The Hall–Kier alpha value is -3.07. The van der Waals surface area contributed by atoms with Gasteiger partial charge >= 0.3 is 6.03 Å². The summed E-state index contributed by atoms with van der Waals surface area (Å²) in [6.45, 7) is 11.4. The first-order valence-corrected chi connectivity index (χ1v) is 12.2. The summed E-state index contributed by atoms with van der Waals surface area (Å²) in [5.41, 5.74) is 6.61. The van der Waals surface area contributed by atoms with E-state index in [0.717, 1.165) is 23.4 Å². The molecule has 1 N–H and O–H groups in total. The van der Waals surface area contributed by atoms with E-state index in [1.54, 1.807) is 0 Å². The van der Waals surface area contributed by atoms with Crippen molar-refractivity contribution in [1.29, 1.82) is 0 Å². The minimum absolute atomic E-state index is 0.102. The largest absolute Gasteiger partial charge is 0.326 e. The van der Waals surface area contributed by atoms with Gasteiger partial charge in [-0.05, 0) is 59.1 Å². The van der Waals surface area contributed by atoms with Crippen LogP contribution < -0.4 is 10.2 Å². The predicted molar refractivity (Wildman–Crippen MR) is 141 cm³/mol. The van der Waals surface area contributed by atoms with Gasteiger partial charge < -0.3 is 5.32 Å². The molecule has 0 saturated heterocycles. The van der Waals surface area contributed by atoms with Crippen LogP contribution in [0, 0.1) is 0 Å². The number of para-hydroxylation sites is 1. The molecular weight excluding hydrogens is 404 g/mol. The first kappa shape index (κ1) is 24.6. The van der Waals surface area contributed by atoms with Crippen LogP contribution in [-0.4, -0.2) is 6.03 Å². The third kappa shape index (κ3) is 6.47. The maximum absolute atomic E-state index is 13.7. The van der Waals surface area contributed by atoms with Gasteiger partial charge in [-0.25, -0.2) is 4.79 Å². The van der Waals surface area contributed by atoms with E-state index in [1.807, 2.05) is 23.1 Å². The molecule has 3 rings (SSSR count). The molecule has 0 unspecified atom stereocenters. The summed E-state index contributed by atoms with van der Waals surface area (Å²) < 4.78 is 0.